The summed E-state index contributed by atoms with van der Waals surface area (Å²) in [6, 6.07) is 6.40. The number of carbonyl (C=O) groups is 1. The lowest BCUT2D eigenvalue weighted by Gasteiger charge is -2.26. The predicted molar refractivity (Wildman–Crippen MR) is 87.4 cm³/mol. The molecule has 2 rings (SSSR count). The molecule has 122 valence electrons. The highest BCUT2D eigenvalue weighted by molar-refractivity contribution is 7.99. The first-order valence-electron chi connectivity index (χ1n) is 7.63. The summed E-state index contributed by atoms with van der Waals surface area (Å²) in [6.45, 7) is 5.32. The van der Waals surface area contributed by atoms with E-state index < -0.39 is 0 Å². The Bertz CT molecular complexity index is 450. The van der Waals surface area contributed by atoms with Crippen molar-refractivity contribution in [3.63, 3.8) is 0 Å². The third-order valence-electron chi connectivity index (χ3n) is 3.49. The van der Waals surface area contributed by atoms with Crippen molar-refractivity contribution < 1.29 is 13.9 Å². The maximum absolute atomic E-state index is 12.8. The molecule has 1 N–H and O–H groups in total. The van der Waals surface area contributed by atoms with Crippen LogP contribution >= 0.6 is 11.8 Å². The third kappa shape index (κ3) is 6.77. The van der Waals surface area contributed by atoms with Crippen molar-refractivity contribution in [2.75, 3.05) is 45.1 Å². The number of benzene rings is 1. The smallest absolute Gasteiger partial charge is 0.230 e. The van der Waals surface area contributed by atoms with E-state index in [2.05, 4.69) is 10.2 Å². The first-order chi connectivity index (χ1) is 10.7. The van der Waals surface area contributed by atoms with Crippen molar-refractivity contribution in [3.8, 4) is 0 Å². The molecule has 22 heavy (non-hydrogen) atoms. The summed E-state index contributed by atoms with van der Waals surface area (Å²) in [6.07, 6.45) is 0.967. The van der Waals surface area contributed by atoms with Crippen LogP contribution in [0.5, 0.6) is 0 Å². The lowest BCUT2D eigenvalue weighted by molar-refractivity contribution is -0.118. The second kappa shape index (κ2) is 9.82. The van der Waals surface area contributed by atoms with Gasteiger partial charge in [-0.25, -0.2) is 4.39 Å². The van der Waals surface area contributed by atoms with Gasteiger partial charge in [-0.15, -0.1) is 11.8 Å². The van der Waals surface area contributed by atoms with Gasteiger partial charge in [0.2, 0.25) is 5.91 Å². The van der Waals surface area contributed by atoms with Crippen LogP contribution in [0.15, 0.2) is 24.3 Å². The Kier molecular flexibility index (Phi) is 7.70. The number of amides is 1. The van der Waals surface area contributed by atoms with E-state index in [0.717, 1.165) is 50.6 Å². The van der Waals surface area contributed by atoms with E-state index in [0.29, 0.717) is 12.3 Å². The van der Waals surface area contributed by atoms with Crippen molar-refractivity contribution >= 4 is 17.7 Å². The Balaban J connectivity index is 1.49. The molecular weight excluding hydrogens is 303 g/mol. The van der Waals surface area contributed by atoms with Crippen LogP contribution in [-0.2, 0) is 15.3 Å². The average molecular weight is 326 g/mol. The van der Waals surface area contributed by atoms with E-state index in [1.807, 2.05) is 0 Å². The topological polar surface area (TPSA) is 41.6 Å². The molecule has 1 saturated heterocycles. The number of thioether (sulfide) groups is 1. The number of nitrogens with zero attached hydrogens (tertiary/aromatic N) is 1. The summed E-state index contributed by atoms with van der Waals surface area (Å²) >= 11 is 1.54. The van der Waals surface area contributed by atoms with Crippen LogP contribution in [0.1, 0.15) is 12.0 Å². The Hall–Kier alpha value is -1.11. The molecule has 0 bridgehead atoms. The van der Waals surface area contributed by atoms with E-state index in [4.69, 9.17) is 4.74 Å². The van der Waals surface area contributed by atoms with Gasteiger partial charge >= 0.3 is 0 Å². The Labute approximate surface area is 135 Å². The van der Waals surface area contributed by atoms with Gasteiger partial charge in [-0.3, -0.25) is 9.69 Å². The number of rotatable bonds is 8. The molecule has 0 aromatic heterocycles. The molecule has 4 nitrogen and oxygen atoms in total. The molecule has 1 aromatic carbocycles. The lowest BCUT2D eigenvalue weighted by atomic mass is 10.2. The number of hydrogen-bond donors (Lipinski definition) is 1. The SMILES string of the molecule is O=C(CSCc1ccc(F)cc1)NCCCN1CCOCC1. The fourth-order valence-electron chi connectivity index (χ4n) is 2.25. The minimum absolute atomic E-state index is 0.0640. The summed E-state index contributed by atoms with van der Waals surface area (Å²) in [5.41, 5.74) is 1.03. The van der Waals surface area contributed by atoms with Gasteiger partial charge in [0.05, 0.1) is 19.0 Å². The van der Waals surface area contributed by atoms with Crippen molar-refractivity contribution in [2.45, 2.75) is 12.2 Å². The van der Waals surface area contributed by atoms with Crippen LogP contribution in [0, 0.1) is 5.82 Å². The van der Waals surface area contributed by atoms with E-state index in [1.54, 1.807) is 23.9 Å². The number of nitrogens with one attached hydrogen (secondary N) is 1. The number of carbonyl (C=O) groups excluding carboxylic acids is 1. The largest absolute Gasteiger partial charge is 0.379 e. The van der Waals surface area contributed by atoms with Crippen LogP contribution in [0.2, 0.25) is 0 Å². The van der Waals surface area contributed by atoms with Gasteiger partial charge in [0, 0.05) is 25.4 Å². The van der Waals surface area contributed by atoms with Crippen molar-refractivity contribution in [3.05, 3.63) is 35.6 Å². The molecule has 1 amide bonds. The van der Waals surface area contributed by atoms with Crippen LogP contribution in [0.25, 0.3) is 0 Å². The van der Waals surface area contributed by atoms with Gasteiger partial charge in [-0.05, 0) is 30.7 Å². The van der Waals surface area contributed by atoms with Gasteiger partial charge in [0.25, 0.3) is 0 Å². The number of morpholine rings is 1. The van der Waals surface area contributed by atoms with E-state index in [9.17, 15) is 9.18 Å². The zero-order chi connectivity index (χ0) is 15.6. The summed E-state index contributed by atoms with van der Waals surface area (Å²) in [5.74, 6) is 0.997. The molecule has 0 atom stereocenters. The van der Waals surface area contributed by atoms with Gasteiger partial charge in [-0.1, -0.05) is 12.1 Å². The molecule has 1 aliphatic heterocycles. The highest BCUT2D eigenvalue weighted by atomic mass is 32.2. The normalized spacial score (nSPS) is 15.7. The van der Waals surface area contributed by atoms with Crippen molar-refractivity contribution in [2.24, 2.45) is 0 Å². The molecule has 0 spiro atoms. The second-order valence-corrected chi connectivity index (χ2v) is 6.26. The van der Waals surface area contributed by atoms with E-state index >= 15 is 0 Å². The molecule has 0 aliphatic carbocycles. The lowest BCUT2D eigenvalue weighted by Crippen LogP contribution is -2.38. The standard InChI is InChI=1S/C16H23FN2O2S/c17-15-4-2-14(3-5-15)12-22-13-16(20)18-6-1-7-19-8-10-21-11-9-19/h2-5H,1,6-13H2,(H,18,20). The quantitative estimate of drug-likeness (QED) is 0.741. The Morgan fingerprint density at radius 2 is 2.00 bits per heavy atom. The number of halogens is 1. The van der Waals surface area contributed by atoms with Gasteiger partial charge in [0.1, 0.15) is 5.82 Å². The minimum Gasteiger partial charge on any atom is -0.379 e. The molecule has 1 heterocycles. The Morgan fingerprint density at radius 3 is 2.73 bits per heavy atom. The maximum atomic E-state index is 12.8. The molecule has 1 aromatic rings. The van der Waals surface area contributed by atoms with Crippen LogP contribution in [0.4, 0.5) is 4.39 Å². The summed E-state index contributed by atoms with van der Waals surface area (Å²) in [5, 5.41) is 2.94. The summed E-state index contributed by atoms with van der Waals surface area (Å²) in [7, 11) is 0. The average Bonchev–Trinajstić information content (AvgIpc) is 2.54. The summed E-state index contributed by atoms with van der Waals surface area (Å²) < 4.78 is 18.1. The van der Waals surface area contributed by atoms with E-state index in [-0.39, 0.29) is 11.7 Å². The number of ether oxygens (including phenoxy) is 1. The van der Waals surface area contributed by atoms with Gasteiger partial charge in [0.15, 0.2) is 0 Å². The molecule has 0 unspecified atom stereocenters. The van der Waals surface area contributed by atoms with E-state index in [1.165, 1.54) is 12.1 Å². The molecule has 1 fully saturated rings. The highest BCUT2D eigenvalue weighted by Gasteiger charge is 2.09. The monoisotopic (exact) mass is 326 g/mol. The summed E-state index contributed by atoms with van der Waals surface area (Å²) in [4.78, 5) is 14.1. The molecule has 1 aliphatic rings. The third-order valence-corrected chi connectivity index (χ3v) is 4.50. The zero-order valence-corrected chi connectivity index (χ0v) is 13.5. The molecule has 6 heteroatoms. The van der Waals surface area contributed by atoms with Crippen LogP contribution < -0.4 is 5.32 Å². The van der Waals surface area contributed by atoms with Crippen LogP contribution in [-0.4, -0.2) is 56.0 Å². The van der Waals surface area contributed by atoms with Crippen molar-refractivity contribution in [1.82, 2.24) is 10.2 Å². The number of hydrogen-bond acceptors (Lipinski definition) is 4. The van der Waals surface area contributed by atoms with Gasteiger partial charge < -0.3 is 10.1 Å². The maximum Gasteiger partial charge on any atom is 0.230 e. The minimum atomic E-state index is -0.230. The fourth-order valence-corrected chi connectivity index (χ4v) is 3.07. The highest BCUT2D eigenvalue weighted by Crippen LogP contribution is 2.12. The van der Waals surface area contributed by atoms with Crippen molar-refractivity contribution in [1.29, 1.82) is 0 Å². The van der Waals surface area contributed by atoms with Crippen LogP contribution in [0.3, 0.4) is 0 Å². The fraction of sp³-hybridized carbons (Fsp3) is 0.562. The molecule has 0 saturated carbocycles. The molecular formula is C16H23FN2O2S. The second-order valence-electron chi connectivity index (χ2n) is 5.28. The Morgan fingerprint density at radius 1 is 1.27 bits per heavy atom. The predicted octanol–water partition coefficient (Wildman–Crippen LogP) is 1.90. The first-order valence-corrected chi connectivity index (χ1v) is 8.78. The van der Waals surface area contributed by atoms with Gasteiger partial charge in [-0.2, -0.15) is 0 Å². The molecule has 0 radical (unpaired) electrons. The first kappa shape index (κ1) is 17.2. The zero-order valence-electron chi connectivity index (χ0n) is 12.7.